The molecule has 0 spiro atoms. The third-order valence-corrected chi connectivity index (χ3v) is 10.2. The van der Waals surface area contributed by atoms with Crippen molar-refractivity contribution in [3.8, 4) is 37.0 Å². The molecule has 0 radical (unpaired) electrons. The van der Waals surface area contributed by atoms with Crippen LogP contribution in [-0.2, 0) is 14.2 Å². The van der Waals surface area contributed by atoms with Gasteiger partial charge in [-0.3, -0.25) is 18.1 Å². The number of aromatic nitrogens is 6. The molecule has 12 atom stereocenters. The zero-order valence-electron chi connectivity index (χ0n) is 32.1. The highest BCUT2D eigenvalue weighted by Gasteiger charge is 2.64. The second kappa shape index (κ2) is 19.1. The van der Waals surface area contributed by atoms with E-state index in [9.17, 15) is 71.4 Å². The fraction of sp³-hybridized carbons (Fsp3) is 0.500. The predicted octanol–water partition coefficient (Wildman–Crippen LogP) is -3.12. The van der Waals surface area contributed by atoms with E-state index in [1.165, 1.54) is 18.3 Å². The number of rotatable bonds is 8. The normalized spacial score (nSPS) is 32.4. The van der Waals surface area contributed by atoms with Crippen LogP contribution < -0.4 is 34.3 Å². The zero-order valence-corrected chi connectivity index (χ0v) is 32.1. The Balaban J connectivity index is 0.000000208. The van der Waals surface area contributed by atoms with Crippen molar-refractivity contribution < 1.29 is 71.2 Å². The number of aliphatic hydroxyl groups excluding tert-OH is 6. The number of alkyl halides is 6. The first-order chi connectivity index (χ1) is 29.5. The first kappa shape index (κ1) is 49.6. The molecule has 3 aromatic heterocycles. The van der Waals surface area contributed by atoms with Gasteiger partial charge in [-0.2, -0.15) is 28.1 Å². The van der Waals surface area contributed by atoms with Crippen molar-refractivity contribution in [1.29, 1.82) is 0 Å². The Bertz CT molecular complexity index is 2420. The maximum absolute atomic E-state index is 13.2. The number of ether oxygens (including phenoxy) is 3. The number of hydrogen-bond donors (Lipinski definition) is 9. The van der Waals surface area contributed by atoms with Crippen molar-refractivity contribution in [1.82, 2.24) is 28.7 Å². The van der Waals surface area contributed by atoms with E-state index in [-0.39, 0.29) is 17.5 Å². The molecule has 3 aromatic rings. The quantitative estimate of drug-likeness (QED) is 0.0798. The van der Waals surface area contributed by atoms with E-state index in [0.717, 1.165) is 27.6 Å². The van der Waals surface area contributed by atoms with E-state index in [1.54, 1.807) is 0 Å². The van der Waals surface area contributed by atoms with Gasteiger partial charge in [0, 0.05) is 18.6 Å². The number of nitrogen functional groups attached to an aromatic ring is 3. The van der Waals surface area contributed by atoms with Gasteiger partial charge < -0.3 is 62.1 Å². The standard InChI is InChI=1S/C12H12F3N3O4.C12H13F2N3O4.C12H14FN3O4/c1-2-11(5-19)8(20)7(12(13,14)15)9(22-11)18-4-3-6(16)17-10(18)21;1-2-12(5-18)8(19)7(9(13)14)10(21-12)17-4-3-6(15)16-11(17)20;1-2-12(6-17)9(18)7(5-13)10(20-12)16-4-3-8(14)15-11(16)19/h1,3-4,7-9,19-20H,5H2,(H2,16,17,21);1,3-4,7-10,18-19H,5H2,(H2,15,16,20);1,3-4,7,9-10,17-18H,5-6H2,(H2,14,15,19)/t7-,8-,9+,11+;7-,8+,10-,12-;7-,9-,10+,12+/m010/s1. The van der Waals surface area contributed by atoms with Crippen LogP contribution in [0, 0.1) is 54.8 Å². The highest BCUT2D eigenvalue weighted by atomic mass is 19.4. The van der Waals surface area contributed by atoms with Gasteiger partial charge in [0.25, 0.3) is 0 Å². The minimum Gasteiger partial charge on any atom is -0.392 e. The SMILES string of the molecule is C#C[C@]1(CO)O[C@@H](n2ccc(N)nc2=O)[C@@H](C(F)(F)F)[C@@H]1O.C#C[C@]1(CO)O[C@@H](n2ccc(N)nc2=O)[C@@H](C(F)F)[C@@H]1O.C#C[C@]1(CO)O[C@@H](n2ccc(N)nc2=O)[C@@H](CF)[C@@H]1O. The third-order valence-electron chi connectivity index (χ3n) is 10.2. The molecule has 0 aliphatic carbocycles. The van der Waals surface area contributed by atoms with Crippen molar-refractivity contribution in [2.45, 2.75) is 66.4 Å². The zero-order chi connectivity index (χ0) is 47.4. The van der Waals surface area contributed by atoms with Crippen LogP contribution in [0.4, 0.5) is 43.8 Å². The maximum Gasteiger partial charge on any atom is 0.398 e. The number of hydrogen-bond acceptors (Lipinski definition) is 18. The van der Waals surface area contributed by atoms with Crippen LogP contribution in [0.15, 0.2) is 51.2 Å². The molecule has 12 N–H and O–H groups in total. The summed E-state index contributed by atoms with van der Waals surface area (Å²) in [5.41, 5.74) is 7.14. The van der Waals surface area contributed by atoms with Gasteiger partial charge in [-0.15, -0.1) is 19.3 Å². The highest BCUT2D eigenvalue weighted by molar-refractivity contribution is 5.27. The largest absolute Gasteiger partial charge is 0.398 e. The van der Waals surface area contributed by atoms with Gasteiger partial charge >= 0.3 is 23.2 Å². The van der Waals surface area contributed by atoms with Crippen molar-refractivity contribution in [3.05, 3.63) is 68.2 Å². The minimum absolute atomic E-state index is 0.00645. The summed E-state index contributed by atoms with van der Waals surface area (Å²) >= 11 is 0. The van der Waals surface area contributed by atoms with Crippen molar-refractivity contribution >= 4 is 17.5 Å². The second-order valence-electron chi connectivity index (χ2n) is 13.9. The highest BCUT2D eigenvalue weighted by Crippen LogP contribution is 2.49. The van der Waals surface area contributed by atoms with Crippen LogP contribution in [0.1, 0.15) is 18.7 Å². The van der Waals surface area contributed by atoms with Crippen molar-refractivity contribution in [2.75, 3.05) is 43.7 Å². The third kappa shape index (κ3) is 9.35. The number of anilines is 3. The average Bonchev–Trinajstić information content (AvgIpc) is 3.81. The van der Waals surface area contributed by atoms with E-state index < -0.39 is 128 Å². The van der Waals surface area contributed by atoms with E-state index >= 15 is 0 Å². The lowest BCUT2D eigenvalue weighted by Crippen LogP contribution is -2.46. The van der Waals surface area contributed by atoms with Gasteiger partial charge in [0.05, 0.1) is 38.3 Å². The molecule has 63 heavy (non-hydrogen) atoms. The van der Waals surface area contributed by atoms with Gasteiger partial charge in [-0.1, -0.05) is 17.8 Å². The Morgan fingerprint density at radius 1 is 0.667 bits per heavy atom. The molecule has 3 saturated heterocycles. The number of terminal acetylenes is 3. The molecule has 6 rings (SSSR count). The van der Waals surface area contributed by atoms with Crippen molar-refractivity contribution in [2.24, 2.45) is 17.8 Å². The summed E-state index contributed by atoms with van der Waals surface area (Å²) in [6.07, 6.45) is 0.631. The molecule has 0 aromatic carbocycles. The Morgan fingerprint density at radius 3 is 1.37 bits per heavy atom. The summed E-state index contributed by atoms with van der Waals surface area (Å²) < 4.78 is 97.1. The molecular formula is C36H39F6N9O12. The molecular weight excluding hydrogens is 864 g/mol. The fourth-order valence-electron chi connectivity index (χ4n) is 6.75. The maximum atomic E-state index is 13.2. The minimum atomic E-state index is -4.93. The van der Waals surface area contributed by atoms with Crippen LogP contribution >= 0.6 is 0 Å². The van der Waals surface area contributed by atoms with Crippen LogP contribution in [0.5, 0.6) is 0 Å². The summed E-state index contributed by atoms with van der Waals surface area (Å²) in [6.45, 7) is -3.60. The Hall–Kier alpha value is -6.06. The number of halogens is 6. The van der Waals surface area contributed by atoms with E-state index in [2.05, 4.69) is 20.9 Å². The molecule has 21 nitrogen and oxygen atoms in total. The van der Waals surface area contributed by atoms with Crippen LogP contribution in [0.2, 0.25) is 0 Å². The molecule has 3 fully saturated rings. The second-order valence-corrected chi connectivity index (χ2v) is 13.9. The summed E-state index contributed by atoms with van der Waals surface area (Å²) in [5.74, 6) is 0.250. The van der Waals surface area contributed by atoms with Crippen molar-refractivity contribution in [3.63, 3.8) is 0 Å². The van der Waals surface area contributed by atoms with Gasteiger partial charge in [0.15, 0.2) is 29.3 Å². The van der Waals surface area contributed by atoms with E-state index in [0.29, 0.717) is 4.57 Å². The molecule has 3 aliphatic heterocycles. The first-order valence-corrected chi connectivity index (χ1v) is 17.8. The molecule has 342 valence electrons. The van der Waals surface area contributed by atoms with Gasteiger partial charge in [0.2, 0.25) is 6.43 Å². The lowest BCUT2D eigenvalue weighted by molar-refractivity contribution is -0.211. The van der Waals surface area contributed by atoms with Gasteiger partial charge in [-0.25, -0.2) is 23.2 Å². The molecule has 0 amide bonds. The summed E-state index contributed by atoms with van der Waals surface area (Å²) in [6, 6.07) is 3.65. The number of aliphatic hydroxyl groups is 6. The average molecular weight is 904 g/mol. The molecule has 0 saturated carbocycles. The number of nitrogens with zero attached hydrogens (tertiary/aromatic N) is 6. The van der Waals surface area contributed by atoms with Crippen LogP contribution in [-0.4, -0.2) is 134 Å². The lowest BCUT2D eigenvalue weighted by Gasteiger charge is -2.25. The van der Waals surface area contributed by atoms with Gasteiger partial charge in [-0.05, 0) is 18.2 Å². The number of nitrogens with two attached hydrogens (primary N) is 3. The van der Waals surface area contributed by atoms with Crippen LogP contribution in [0.3, 0.4) is 0 Å². The van der Waals surface area contributed by atoms with Crippen LogP contribution in [0.25, 0.3) is 0 Å². The molecule has 0 unspecified atom stereocenters. The molecule has 6 heterocycles. The van der Waals surface area contributed by atoms with E-state index in [1.807, 2.05) is 11.8 Å². The Morgan fingerprint density at radius 2 is 1.02 bits per heavy atom. The smallest absolute Gasteiger partial charge is 0.392 e. The topological polar surface area (TPSA) is 332 Å². The van der Waals surface area contributed by atoms with E-state index in [4.69, 9.17) is 50.7 Å². The lowest BCUT2D eigenvalue weighted by atomic mass is 9.90. The summed E-state index contributed by atoms with van der Waals surface area (Å²) in [7, 11) is 0. The Kier molecular flexibility index (Phi) is 15.1. The Labute approximate surface area is 350 Å². The van der Waals surface area contributed by atoms with Gasteiger partial charge in [0.1, 0.15) is 47.9 Å². The molecule has 3 aliphatic rings. The first-order valence-electron chi connectivity index (χ1n) is 17.8. The monoisotopic (exact) mass is 903 g/mol. The fourth-order valence-corrected chi connectivity index (χ4v) is 6.75. The molecule has 0 bridgehead atoms. The summed E-state index contributed by atoms with van der Waals surface area (Å²) in [5, 5.41) is 57.7. The predicted molar refractivity (Wildman–Crippen MR) is 202 cm³/mol. The summed E-state index contributed by atoms with van der Waals surface area (Å²) in [4.78, 5) is 45.4. The molecule has 27 heteroatoms.